The topological polar surface area (TPSA) is 49.6 Å². The van der Waals surface area contributed by atoms with E-state index in [4.69, 9.17) is 5.73 Å². The Morgan fingerprint density at radius 1 is 1.33 bits per heavy atom. The Hall–Kier alpha value is -0.610. The molecule has 1 saturated carbocycles. The molecule has 2 rings (SSSR count). The Balaban J connectivity index is 1.96. The van der Waals surface area contributed by atoms with E-state index in [2.05, 4.69) is 23.6 Å². The zero-order valence-electron chi connectivity index (χ0n) is 11.8. The largest absolute Gasteiger partial charge is 0.369 e. The molecule has 0 unspecified atom stereocenters. The number of nitrogens with two attached hydrogens (primary N) is 1. The van der Waals surface area contributed by atoms with Crippen molar-refractivity contribution in [2.45, 2.75) is 39.2 Å². The summed E-state index contributed by atoms with van der Waals surface area (Å²) in [5, 5.41) is 0. The fourth-order valence-electron chi connectivity index (χ4n) is 2.99. The molecular formula is C14H27N3O. The summed E-state index contributed by atoms with van der Waals surface area (Å²) in [6, 6.07) is 0.576. The lowest BCUT2D eigenvalue weighted by Crippen LogP contribution is -2.46. The first kappa shape index (κ1) is 13.8. The molecule has 0 radical (unpaired) electrons. The van der Waals surface area contributed by atoms with Crippen LogP contribution in [0, 0.1) is 11.8 Å². The van der Waals surface area contributed by atoms with E-state index >= 15 is 0 Å². The second-order valence-corrected chi connectivity index (χ2v) is 6.30. The van der Waals surface area contributed by atoms with Crippen molar-refractivity contribution in [2.24, 2.45) is 17.6 Å². The van der Waals surface area contributed by atoms with Gasteiger partial charge in [-0.25, -0.2) is 0 Å². The molecule has 1 amide bonds. The molecule has 0 aromatic carbocycles. The minimum Gasteiger partial charge on any atom is -0.369 e. The van der Waals surface area contributed by atoms with E-state index in [9.17, 15) is 4.79 Å². The van der Waals surface area contributed by atoms with Crippen LogP contribution in [0.5, 0.6) is 0 Å². The fraction of sp³-hybridized carbons (Fsp3) is 0.929. The summed E-state index contributed by atoms with van der Waals surface area (Å²) in [6.07, 6.45) is 3.97. The molecular weight excluding hydrogens is 226 g/mol. The van der Waals surface area contributed by atoms with E-state index in [1.54, 1.807) is 0 Å². The number of hydrogen-bond donors (Lipinski definition) is 1. The highest BCUT2D eigenvalue weighted by Crippen LogP contribution is 2.31. The molecule has 2 aliphatic rings. The standard InChI is InChI=1S/C14H27N3O/c1-11(2)13-9-16(10-14(15)18)6-3-7-17(13)8-12-4-5-12/h11-13H,3-10H2,1-2H3,(H2,15,18)/t13-/m1/s1. The number of primary amides is 1. The molecule has 1 aliphatic carbocycles. The van der Waals surface area contributed by atoms with Gasteiger partial charge in [-0.1, -0.05) is 13.8 Å². The second-order valence-electron chi connectivity index (χ2n) is 6.30. The number of amides is 1. The highest BCUT2D eigenvalue weighted by atomic mass is 16.1. The van der Waals surface area contributed by atoms with Crippen LogP contribution in [0.2, 0.25) is 0 Å². The molecule has 104 valence electrons. The van der Waals surface area contributed by atoms with Gasteiger partial charge in [-0.15, -0.1) is 0 Å². The van der Waals surface area contributed by atoms with Gasteiger partial charge in [-0.2, -0.15) is 0 Å². The average molecular weight is 253 g/mol. The van der Waals surface area contributed by atoms with E-state index in [0.29, 0.717) is 18.5 Å². The summed E-state index contributed by atoms with van der Waals surface area (Å²) in [5.74, 6) is 1.37. The van der Waals surface area contributed by atoms with E-state index in [1.807, 2.05) is 0 Å². The second kappa shape index (κ2) is 6.02. The van der Waals surface area contributed by atoms with Crippen molar-refractivity contribution >= 4 is 5.91 Å². The number of nitrogens with zero attached hydrogens (tertiary/aromatic N) is 2. The Kier molecular flexibility index (Phi) is 4.62. The zero-order chi connectivity index (χ0) is 13.1. The quantitative estimate of drug-likeness (QED) is 0.792. The van der Waals surface area contributed by atoms with Crippen molar-refractivity contribution in [3.05, 3.63) is 0 Å². The maximum Gasteiger partial charge on any atom is 0.231 e. The predicted molar refractivity (Wildman–Crippen MR) is 73.2 cm³/mol. The van der Waals surface area contributed by atoms with Crippen molar-refractivity contribution in [3.8, 4) is 0 Å². The molecule has 1 aliphatic heterocycles. The average Bonchev–Trinajstić information content (AvgIpc) is 3.07. The SMILES string of the molecule is CC(C)[C@H]1CN(CC(N)=O)CCCN1CC1CC1. The van der Waals surface area contributed by atoms with Gasteiger partial charge in [-0.05, 0) is 44.2 Å². The monoisotopic (exact) mass is 253 g/mol. The third-order valence-electron chi connectivity index (χ3n) is 4.17. The van der Waals surface area contributed by atoms with E-state index < -0.39 is 0 Å². The van der Waals surface area contributed by atoms with Gasteiger partial charge in [0.25, 0.3) is 0 Å². The van der Waals surface area contributed by atoms with Crippen LogP contribution in [0.15, 0.2) is 0 Å². The number of carbonyl (C=O) groups is 1. The molecule has 1 saturated heterocycles. The molecule has 0 aromatic rings. The lowest BCUT2D eigenvalue weighted by Gasteiger charge is -2.34. The number of carbonyl (C=O) groups excluding carboxylic acids is 1. The van der Waals surface area contributed by atoms with Gasteiger partial charge < -0.3 is 5.73 Å². The fourth-order valence-corrected chi connectivity index (χ4v) is 2.99. The summed E-state index contributed by atoms with van der Waals surface area (Å²) in [7, 11) is 0. The Morgan fingerprint density at radius 2 is 2.06 bits per heavy atom. The molecule has 4 heteroatoms. The first-order valence-electron chi connectivity index (χ1n) is 7.31. The van der Waals surface area contributed by atoms with Crippen LogP contribution < -0.4 is 5.73 Å². The van der Waals surface area contributed by atoms with Gasteiger partial charge in [0.05, 0.1) is 6.54 Å². The van der Waals surface area contributed by atoms with Gasteiger partial charge >= 0.3 is 0 Å². The Labute approximate surface area is 110 Å². The Morgan fingerprint density at radius 3 is 2.61 bits per heavy atom. The predicted octanol–water partition coefficient (Wildman–Crippen LogP) is 0.914. The highest BCUT2D eigenvalue weighted by molar-refractivity contribution is 5.75. The van der Waals surface area contributed by atoms with Crippen LogP contribution in [-0.4, -0.2) is 54.5 Å². The normalized spacial score (nSPS) is 27.4. The highest BCUT2D eigenvalue weighted by Gasteiger charge is 2.32. The molecule has 0 spiro atoms. The van der Waals surface area contributed by atoms with Crippen LogP contribution in [0.1, 0.15) is 33.1 Å². The minimum absolute atomic E-state index is 0.201. The van der Waals surface area contributed by atoms with Gasteiger partial charge in [-0.3, -0.25) is 14.6 Å². The first-order valence-corrected chi connectivity index (χ1v) is 7.31. The number of hydrogen-bond acceptors (Lipinski definition) is 3. The first-order chi connectivity index (χ1) is 8.56. The summed E-state index contributed by atoms with van der Waals surface area (Å²) in [6.45, 7) is 9.43. The maximum atomic E-state index is 11.1. The van der Waals surface area contributed by atoms with Crippen LogP contribution in [0.25, 0.3) is 0 Å². The third kappa shape index (κ3) is 3.95. The molecule has 1 heterocycles. The van der Waals surface area contributed by atoms with Crippen LogP contribution >= 0.6 is 0 Å². The molecule has 2 fully saturated rings. The van der Waals surface area contributed by atoms with Crippen LogP contribution in [0.4, 0.5) is 0 Å². The lowest BCUT2D eigenvalue weighted by atomic mass is 10.0. The summed E-state index contributed by atoms with van der Waals surface area (Å²) in [5.41, 5.74) is 5.33. The van der Waals surface area contributed by atoms with Gasteiger partial charge in [0.1, 0.15) is 0 Å². The maximum absolute atomic E-state index is 11.1. The van der Waals surface area contributed by atoms with Gasteiger partial charge in [0.15, 0.2) is 0 Å². The summed E-state index contributed by atoms with van der Waals surface area (Å²) in [4.78, 5) is 16.0. The molecule has 2 N–H and O–H groups in total. The minimum atomic E-state index is -0.201. The van der Waals surface area contributed by atoms with Crippen molar-refractivity contribution in [2.75, 3.05) is 32.7 Å². The summed E-state index contributed by atoms with van der Waals surface area (Å²) < 4.78 is 0. The van der Waals surface area contributed by atoms with E-state index in [-0.39, 0.29) is 5.91 Å². The third-order valence-corrected chi connectivity index (χ3v) is 4.17. The molecule has 1 atom stereocenters. The van der Waals surface area contributed by atoms with Crippen molar-refractivity contribution < 1.29 is 4.79 Å². The molecule has 0 bridgehead atoms. The lowest BCUT2D eigenvalue weighted by molar-refractivity contribution is -0.119. The van der Waals surface area contributed by atoms with E-state index in [0.717, 1.165) is 25.4 Å². The van der Waals surface area contributed by atoms with Crippen molar-refractivity contribution in [1.82, 2.24) is 9.80 Å². The van der Waals surface area contributed by atoms with Crippen molar-refractivity contribution in [3.63, 3.8) is 0 Å². The molecule has 4 nitrogen and oxygen atoms in total. The van der Waals surface area contributed by atoms with E-state index in [1.165, 1.54) is 25.9 Å². The number of rotatable bonds is 5. The summed E-state index contributed by atoms with van der Waals surface area (Å²) >= 11 is 0. The Bertz CT molecular complexity index is 289. The smallest absolute Gasteiger partial charge is 0.231 e. The zero-order valence-corrected chi connectivity index (χ0v) is 11.8. The van der Waals surface area contributed by atoms with Crippen molar-refractivity contribution in [1.29, 1.82) is 0 Å². The van der Waals surface area contributed by atoms with Crippen LogP contribution in [0.3, 0.4) is 0 Å². The molecule has 0 aromatic heterocycles. The van der Waals surface area contributed by atoms with Gasteiger partial charge in [0, 0.05) is 19.1 Å². The van der Waals surface area contributed by atoms with Crippen LogP contribution in [-0.2, 0) is 4.79 Å². The van der Waals surface area contributed by atoms with Gasteiger partial charge in [0.2, 0.25) is 5.91 Å². The molecule has 18 heavy (non-hydrogen) atoms.